The van der Waals surface area contributed by atoms with Gasteiger partial charge in [0.15, 0.2) is 0 Å². The number of nitrogens with two attached hydrogens (primary N) is 1. The Labute approximate surface area is 350 Å². The summed E-state index contributed by atoms with van der Waals surface area (Å²) < 4.78 is 28.0. The van der Waals surface area contributed by atoms with Crippen LogP contribution in [0.5, 0.6) is 0 Å². The highest BCUT2D eigenvalue weighted by atomic mass is 35.5. The minimum atomic E-state index is -0.637. The molecule has 0 aliphatic heterocycles. The topological polar surface area (TPSA) is 205 Å². The van der Waals surface area contributed by atoms with Crippen LogP contribution in [0.3, 0.4) is 0 Å². The first-order valence-corrected chi connectivity index (χ1v) is 17.2. The molecule has 0 saturated heterocycles. The van der Waals surface area contributed by atoms with Gasteiger partial charge in [-0.05, 0) is 55.2 Å². The van der Waals surface area contributed by atoms with Crippen molar-refractivity contribution in [2.45, 2.75) is 59.7 Å². The van der Waals surface area contributed by atoms with Crippen molar-refractivity contribution in [2.24, 2.45) is 5.73 Å². The van der Waals surface area contributed by atoms with E-state index in [0.717, 1.165) is 28.8 Å². The molecule has 0 unspecified atom stereocenters. The summed E-state index contributed by atoms with van der Waals surface area (Å²) >= 11 is 0. The fourth-order valence-corrected chi connectivity index (χ4v) is 4.22. The maximum Gasteiger partial charge on any atom is 0.407 e. The van der Waals surface area contributed by atoms with Crippen LogP contribution in [0.15, 0.2) is 98.1 Å². The molecule has 0 fully saturated rings. The Morgan fingerprint density at radius 1 is 0.690 bits per heavy atom. The number of aromatic nitrogens is 4. The molecule has 2 aromatic carbocycles. The van der Waals surface area contributed by atoms with E-state index in [0.29, 0.717) is 6.54 Å². The van der Waals surface area contributed by atoms with Crippen LogP contribution in [0.4, 0.5) is 4.79 Å². The third kappa shape index (κ3) is 23.2. The molecule has 4 aromatic rings. The number of esters is 4. The molecule has 0 atom stereocenters. The number of carbonyl (C=O) groups excluding carboxylic acids is 5. The van der Waals surface area contributed by atoms with E-state index in [9.17, 15) is 24.0 Å². The van der Waals surface area contributed by atoms with Crippen LogP contribution in [0.1, 0.15) is 63.3 Å². The smallest absolute Gasteiger partial charge is 0.407 e. The minimum Gasteiger partial charge on any atom is -0.444 e. The Balaban J connectivity index is 0.00000109. The van der Waals surface area contributed by atoms with Crippen LogP contribution in [0, 0.1) is 0 Å². The van der Waals surface area contributed by atoms with Gasteiger partial charge in [0.25, 0.3) is 0 Å². The van der Waals surface area contributed by atoms with Crippen LogP contribution in [-0.2, 0) is 56.0 Å². The molecule has 316 valence electrons. The molecule has 0 radical (unpaired) electrons. The zero-order chi connectivity index (χ0) is 39.9. The number of carbonyl (C=O) groups is 5. The van der Waals surface area contributed by atoms with Crippen LogP contribution < -0.4 is 11.1 Å². The molecular weight excluding hydrogens is 795 g/mol. The van der Waals surface area contributed by atoms with Crippen molar-refractivity contribution in [1.82, 2.24) is 24.4 Å². The Morgan fingerprint density at radius 2 is 1.12 bits per heavy atom. The number of ether oxygens (including phenoxy) is 5. The predicted octanol–water partition coefficient (Wildman–Crippen LogP) is 5.72. The summed E-state index contributed by atoms with van der Waals surface area (Å²) in [5.41, 5.74) is 8.50. The molecule has 2 aromatic heterocycles. The molecule has 0 spiro atoms. The molecule has 0 saturated carbocycles. The first kappa shape index (κ1) is 52.0. The molecule has 1 amide bonds. The SMILES string of the molecule is C.CC(C)(C)OC(=O)NCCC(=O)OCOC(=O)/C=C/c1ccc(Cn2ccnc2)cc1.Cl.Cl.NCCC(=O)OCOC(=O)/C=C/c1ccc(Cn2ccnc2)cc1. The molecule has 4 rings (SSSR count). The predicted molar refractivity (Wildman–Crippen MR) is 221 cm³/mol. The number of benzene rings is 2. The van der Waals surface area contributed by atoms with Crippen LogP contribution in [-0.4, -0.2) is 81.3 Å². The highest BCUT2D eigenvalue weighted by Crippen LogP contribution is 2.10. The maximum absolute atomic E-state index is 11.7. The Morgan fingerprint density at radius 3 is 1.50 bits per heavy atom. The highest BCUT2D eigenvalue weighted by molar-refractivity contribution is 5.87. The standard InChI is InChI=1S/C22H27N3O6.C17H19N3O4.CH4.2ClH/c1-22(2,3)31-21(28)24-11-10-20(27)30-16-29-19(26)9-8-17-4-6-18(7-5-17)14-25-13-12-23-15-25;18-8-7-17(22)24-13-23-16(21)6-5-14-1-3-15(4-2-14)11-20-10-9-19-12-20;;;/h4-9,12-13,15H,10-11,14,16H2,1-3H3,(H,24,28);1-6,9-10,12H,7-8,11,13,18H2;1H4;2*1H/b9-8+;6-5+;;;. The number of rotatable bonds is 17. The lowest BCUT2D eigenvalue weighted by Crippen LogP contribution is -2.33. The average Bonchev–Trinajstić information content (AvgIpc) is 3.86. The molecule has 0 bridgehead atoms. The van der Waals surface area contributed by atoms with Gasteiger partial charge in [-0.15, -0.1) is 24.8 Å². The van der Waals surface area contributed by atoms with E-state index in [-0.39, 0.29) is 58.2 Å². The van der Waals surface area contributed by atoms with Gasteiger partial charge < -0.3 is 43.9 Å². The molecule has 18 heteroatoms. The minimum absolute atomic E-state index is 0. The van der Waals surface area contributed by atoms with Crippen molar-refractivity contribution in [1.29, 1.82) is 0 Å². The van der Waals surface area contributed by atoms with Gasteiger partial charge in [0, 0.05) is 63.1 Å². The average molecular weight is 848 g/mol. The molecule has 58 heavy (non-hydrogen) atoms. The van der Waals surface area contributed by atoms with E-state index < -0.39 is 49.2 Å². The Hall–Kier alpha value is -5.97. The van der Waals surface area contributed by atoms with Gasteiger partial charge >= 0.3 is 30.0 Å². The second-order valence-electron chi connectivity index (χ2n) is 12.5. The normalized spacial score (nSPS) is 10.4. The summed E-state index contributed by atoms with van der Waals surface area (Å²) in [6.07, 6.45) is 15.9. The Kier molecular flexibility index (Phi) is 25.5. The lowest BCUT2D eigenvalue weighted by atomic mass is 10.1. The van der Waals surface area contributed by atoms with E-state index in [1.54, 1.807) is 58.0 Å². The van der Waals surface area contributed by atoms with Gasteiger partial charge in [0.05, 0.1) is 25.5 Å². The second-order valence-corrected chi connectivity index (χ2v) is 12.5. The number of hydrogen-bond donors (Lipinski definition) is 2. The fraction of sp³-hybridized carbons (Fsp3) is 0.325. The third-order valence-electron chi connectivity index (χ3n) is 6.82. The van der Waals surface area contributed by atoms with Crippen molar-refractivity contribution in [3.05, 3.63) is 120 Å². The van der Waals surface area contributed by atoms with E-state index in [4.69, 9.17) is 24.7 Å². The van der Waals surface area contributed by atoms with Gasteiger partial charge in [-0.25, -0.2) is 24.4 Å². The maximum atomic E-state index is 11.7. The number of imidazole rings is 2. The number of amides is 1. The molecule has 0 aliphatic carbocycles. The summed E-state index contributed by atoms with van der Waals surface area (Å²) in [6.45, 7) is 6.00. The van der Waals surface area contributed by atoms with Crippen molar-refractivity contribution < 1.29 is 47.7 Å². The summed E-state index contributed by atoms with van der Waals surface area (Å²) in [5.74, 6) is -2.33. The van der Waals surface area contributed by atoms with Gasteiger partial charge in [0.2, 0.25) is 13.6 Å². The number of halogens is 2. The van der Waals surface area contributed by atoms with Crippen molar-refractivity contribution in [2.75, 3.05) is 26.7 Å². The van der Waals surface area contributed by atoms with Gasteiger partial charge in [0.1, 0.15) is 5.60 Å². The van der Waals surface area contributed by atoms with Gasteiger partial charge in [-0.2, -0.15) is 0 Å². The highest BCUT2D eigenvalue weighted by Gasteiger charge is 2.16. The number of alkyl carbamates (subject to hydrolysis) is 1. The lowest BCUT2D eigenvalue weighted by molar-refractivity contribution is -0.165. The van der Waals surface area contributed by atoms with E-state index in [1.165, 1.54) is 12.2 Å². The van der Waals surface area contributed by atoms with Crippen LogP contribution in [0.25, 0.3) is 12.2 Å². The fourth-order valence-electron chi connectivity index (χ4n) is 4.22. The first-order valence-electron chi connectivity index (χ1n) is 17.2. The first-order chi connectivity index (χ1) is 26.4. The van der Waals surface area contributed by atoms with Crippen LogP contribution >= 0.6 is 24.8 Å². The molecule has 3 N–H and O–H groups in total. The van der Waals surface area contributed by atoms with Crippen molar-refractivity contribution in [3.63, 3.8) is 0 Å². The largest absolute Gasteiger partial charge is 0.444 e. The lowest BCUT2D eigenvalue weighted by Gasteiger charge is -2.19. The van der Waals surface area contributed by atoms with Gasteiger partial charge in [-0.1, -0.05) is 56.0 Å². The molecule has 2 heterocycles. The van der Waals surface area contributed by atoms with Crippen molar-refractivity contribution >= 4 is 66.9 Å². The van der Waals surface area contributed by atoms with Crippen molar-refractivity contribution in [3.8, 4) is 0 Å². The van der Waals surface area contributed by atoms with E-state index in [2.05, 4.69) is 20.0 Å². The summed E-state index contributed by atoms with van der Waals surface area (Å²) in [5, 5.41) is 2.44. The third-order valence-corrected chi connectivity index (χ3v) is 6.82. The molecule has 16 nitrogen and oxygen atoms in total. The zero-order valence-electron chi connectivity index (χ0n) is 31.8. The van der Waals surface area contributed by atoms with E-state index in [1.807, 2.05) is 70.1 Å². The van der Waals surface area contributed by atoms with E-state index >= 15 is 0 Å². The summed E-state index contributed by atoms with van der Waals surface area (Å²) in [4.78, 5) is 65.3. The number of hydrogen-bond acceptors (Lipinski definition) is 13. The quantitative estimate of drug-likeness (QED) is 0.0566. The monoisotopic (exact) mass is 846 g/mol. The molecule has 0 aliphatic rings. The molecular formula is C40H52Cl2N6O10. The number of nitrogens with one attached hydrogen (secondary N) is 1. The number of nitrogens with zero attached hydrogens (tertiary/aromatic N) is 4. The van der Waals surface area contributed by atoms with Gasteiger partial charge in [-0.3, -0.25) is 9.59 Å². The zero-order valence-corrected chi connectivity index (χ0v) is 33.4. The van der Waals surface area contributed by atoms with Crippen LogP contribution in [0.2, 0.25) is 0 Å². The Bertz CT molecular complexity index is 1840. The second kappa shape index (κ2) is 28.4. The summed E-state index contributed by atoms with van der Waals surface area (Å²) in [6, 6.07) is 15.4. The summed E-state index contributed by atoms with van der Waals surface area (Å²) in [7, 11) is 0.